The fraction of sp³-hybridized carbons (Fsp3) is 0.143. The Morgan fingerprint density at radius 1 is 1.00 bits per heavy atom. The lowest BCUT2D eigenvalue weighted by atomic mass is 10.1. The number of carbonyl (C=O) groups excluding carboxylic acids is 2. The molecule has 8 nitrogen and oxygen atoms in total. The largest absolute Gasteiger partial charge is 0.497 e. The monoisotopic (exact) mass is 547 g/mol. The van der Waals surface area contributed by atoms with Gasteiger partial charge in [0.1, 0.15) is 5.75 Å². The SMILES string of the molecule is CCC(Sc1cccc(NC(=O)c2ccccc2C(=O)O)c1)C(=O)Nc1nc(-c2cccc(OC)c2)cs1. The van der Waals surface area contributed by atoms with Gasteiger partial charge in [-0.15, -0.1) is 23.1 Å². The lowest BCUT2D eigenvalue weighted by Crippen LogP contribution is -2.24. The predicted molar refractivity (Wildman–Crippen MR) is 150 cm³/mol. The zero-order valence-electron chi connectivity index (χ0n) is 20.6. The van der Waals surface area contributed by atoms with Crippen molar-refractivity contribution in [1.29, 1.82) is 0 Å². The van der Waals surface area contributed by atoms with Gasteiger partial charge in [-0.3, -0.25) is 9.59 Å². The maximum absolute atomic E-state index is 13.0. The predicted octanol–water partition coefficient (Wildman–Crippen LogP) is 6.28. The molecule has 1 heterocycles. The molecular weight excluding hydrogens is 522 g/mol. The molecule has 0 saturated carbocycles. The van der Waals surface area contributed by atoms with Crippen LogP contribution in [0.15, 0.2) is 83.1 Å². The smallest absolute Gasteiger partial charge is 0.336 e. The number of amides is 2. The minimum atomic E-state index is -1.17. The molecule has 3 N–H and O–H groups in total. The van der Waals surface area contributed by atoms with E-state index in [1.165, 1.54) is 35.2 Å². The zero-order valence-corrected chi connectivity index (χ0v) is 22.3. The number of aromatic nitrogens is 1. The van der Waals surface area contributed by atoms with Gasteiger partial charge in [-0.25, -0.2) is 9.78 Å². The minimum absolute atomic E-state index is 0.0700. The number of rotatable bonds is 10. The first-order chi connectivity index (χ1) is 18.4. The second kappa shape index (κ2) is 12.4. The molecule has 0 aliphatic heterocycles. The summed E-state index contributed by atoms with van der Waals surface area (Å²) in [6.07, 6.45) is 0.577. The standard InChI is InChI=1S/C28H25N3O5S2/c1-3-24(26(33)31-28-30-23(16-37-28)17-8-6-10-19(14-17)36-2)38-20-11-7-9-18(15-20)29-25(32)21-12-4-5-13-22(21)27(34)35/h4-16,24H,3H2,1-2H3,(H,29,32)(H,34,35)(H,30,31,33). The normalized spacial score (nSPS) is 11.4. The maximum Gasteiger partial charge on any atom is 0.336 e. The number of ether oxygens (including phenoxy) is 1. The van der Waals surface area contributed by atoms with E-state index < -0.39 is 17.1 Å². The summed E-state index contributed by atoms with van der Waals surface area (Å²) >= 11 is 2.72. The van der Waals surface area contributed by atoms with E-state index in [9.17, 15) is 19.5 Å². The molecule has 0 bridgehead atoms. The number of aromatic carboxylic acids is 1. The number of hydrogen-bond acceptors (Lipinski definition) is 7. The van der Waals surface area contributed by atoms with E-state index >= 15 is 0 Å². The summed E-state index contributed by atoms with van der Waals surface area (Å²) < 4.78 is 5.27. The maximum atomic E-state index is 13.0. The van der Waals surface area contributed by atoms with Crippen LogP contribution >= 0.6 is 23.1 Å². The molecule has 194 valence electrons. The van der Waals surface area contributed by atoms with Crippen molar-refractivity contribution in [3.8, 4) is 17.0 Å². The van der Waals surface area contributed by atoms with E-state index in [4.69, 9.17) is 4.74 Å². The molecule has 10 heteroatoms. The molecule has 0 aliphatic carbocycles. The average Bonchev–Trinajstić information content (AvgIpc) is 3.40. The highest BCUT2D eigenvalue weighted by molar-refractivity contribution is 8.00. The van der Waals surface area contributed by atoms with Gasteiger partial charge in [-0.2, -0.15) is 0 Å². The quantitative estimate of drug-likeness (QED) is 0.200. The Bertz CT molecular complexity index is 1470. The Morgan fingerprint density at radius 3 is 2.50 bits per heavy atom. The number of hydrogen-bond donors (Lipinski definition) is 3. The number of benzene rings is 3. The number of nitrogens with one attached hydrogen (secondary N) is 2. The second-order valence-corrected chi connectivity index (χ2v) is 10.2. The van der Waals surface area contributed by atoms with Gasteiger partial charge >= 0.3 is 5.97 Å². The van der Waals surface area contributed by atoms with E-state index in [2.05, 4.69) is 15.6 Å². The lowest BCUT2D eigenvalue weighted by molar-refractivity contribution is -0.115. The third-order valence-corrected chi connectivity index (χ3v) is 7.65. The topological polar surface area (TPSA) is 118 Å². The van der Waals surface area contributed by atoms with Gasteiger partial charge < -0.3 is 20.5 Å². The molecule has 1 aromatic heterocycles. The van der Waals surface area contributed by atoms with Crippen LogP contribution in [0.2, 0.25) is 0 Å². The van der Waals surface area contributed by atoms with E-state index in [0.717, 1.165) is 21.9 Å². The van der Waals surface area contributed by atoms with Gasteiger partial charge in [0.15, 0.2) is 5.13 Å². The summed E-state index contributed by atoms with van der Waals surface area (Å²) in [5, 5.41) is 17.0. The summed E-state index contributed by atoms with van der Waals surface area (Å²) in [6, 6.07) is 20.7. The van der Waals surface area contributed by atoms with Crippen molar-refractivity contribution in [2.75, 3.05) is 17.7 Å². The van der Waals surface area contributed by atoms with Crippen LogP contribution in [0, 0.1) is 0 Å². The lowest BCUT2D eigenvalue weighted by Gasteiger charge is -2.14. The van der Waals surface area contributed by atoms with Crippen LogP contribution in [0.25, 0.3) is 11.3 Å². The van der Waals surface area contributed by atoms with E-state index in [0.29, 0.717) is 17.2 Å². The summed E-state index contributed by atoms with van der Waals surface area (Å²) in [5.74, 6) is -1.14. The molecule has 0 fully saturated rings. The van der Waals surface area contributed by atoms with E-state index in [1.54, 1.807) is 37.4 Å². The first kappa shape index (κ1) is 26.9. The Labute approximate surface area is 228 Å². The molecule has 2 amide bonds. The average molecular weight is 548 g/mol. The number of carbonyl (C=O) groups is 3. The van der Waals surface area contributed by atoms with Crippen LogP contribution in [-0.2, 0) is 4.79 Å². The Kier molecular flexibility index (Phi) is 8.77. The van der Waals surface area contributed by atoms with Crippen molar-refractivity contribution < 1.29 is 24.2 Å². The van der Waals surface area contributed by atoms with Crippen molar-refractivity contribution in [3.05, 3.63) is 89.3 Å². The highest BCUT2D eigenvalue weighted by Gasteiger charge is 2.20. The highest BCUT2D eigenvalue weighted by atomic mass is 32.2. The van der Waals surface area contributed by atoms with Gasteiger partial charge in [0.25, 0.3) is 5.91 Å². The van der Waals surface area contributed by atoms with E-state index in [1.807, 2.05) is 42.6 Å². The fourth-order valence-corrected chi connectivity index (χ4v) is 5.37. The molecule has 0 radical (unpaired) electrons. The fourth-order valence-electron chi connectivity index (χ4n) is 3.63. The van der Waals surface area contributed by atoms with Crippen LogP contribution in [0.5, 0.6) is 5.75 Å². The van der Waals surface area contributed by atoms with Gasteiger partial charge in [0.05, 0.1) is 29.2 Å². The molecule has 0 spiro atoms. The molecule has 4 rings (SSSR count). The molecular formula is C28H25N3O5S2. The van der Waals surface area contributed by atoms with Crippen LogP contribution < -0.4 is 15.4 Å². The number of thiazole rings is 1. The third-order valence-electron chi connectivity index (χ3n) is 5.54. The van der Waals surface area contributed by atoms with Crippen LogP contribution in [-0.4, -0.2) is 40.2 Å². The van der Waals surface area contributed by atoms with Crippen molar-refractivity contribution in [3.63, 3.8) is 0 Å². The summed E-state index contributed by atoms with van der Waals surface area (Å²) in [6.45, 7) is 1.93. The molecule has 1 unspecified atom stereocenters. The Hall–Kier alpha value is -4.15. The van der Waals surface area contributed by atoms with Crippen molar-refractivity contribution in [1.82, 2.24) is 4.98 Å². The number of thioether (sulfide) groups is 1. The minimum Gasteiger partial charge on any atom is -0.497 e. The first-order valence-corrected chi connectivity index (χ1v) is 13.4. The van der Waals surface area contributed by atoms with Gasteiger partial charge in [-0.1, -0.05) is 37.3 Å². The van der Waals surface area contributed by atoms with Crippen molar-refractivity contribution >= 4 is 51.7 Å². The summed E-state index contributed by atoms with van der Waals surface area (Å²) in [5.41, 5.74) is 2.14. The Balaban J connectivity index is 1.42. The zero-order chi connectivity index (χ0) is 27.1. The number of anilines is 2. The van der Waals surface area contributed by atoms with Crippen LogP contribution in [0.1, 0.15) is 34.1 Å². The second-order valence-electron chi connectivity index (χ2n) is 8.11. The molecule has 0 aliphatic rings. The van der Waals surface area contributed by atoms with Crippen molar-refractivity contribution in [2.24, 2.45) is 0 Å². The molecule has 38 heavy (non-hydrogen) atoms. The third kappa shape index (κ3) is 6.58. The molecule has 1 atom stereocenters. The molecule has 3 aromatic carbocycles. The van der Waals surface area contributed by atoms with Crippen molar-refractivity contribution in [2.45, 2.75) is 23.5 Å². The van der Waals surface area contributed by atoms with E-state index in [-0.39, 0.29) is 17.0 Å². The Morgan fingerprint density at radius 2 is 1.76 bits per heavy atom. The molecule has 4 aromatic rings. The highest BCUT2D eigenvalue weighted by Crippen LogP contribution is 2.31. The van der Waals surface area contributed by atoms with Gasteiger partial charge in [0, 0.05) is 21.5 Å². The number of nitrogens with zero attached hydrogens (tertiary/aromatic N) is 1. The number of carboxylic acid groups (broad SMARTS) is 1. The number of carboxylic acids is 1. The summed E-state index contributed by atoms with van der Waals surface area (Å²) in [7, 11) is 1.61. The molecule has 0 saturated heterocycles. The van der Waals surface area contributed by atoms with Gasteiger partial charge in [0.2, 0.25) is 5.91 Å². The van der Waals surface area contributed by atoms with Gasteiger partial charge in [-0.05, 0) is 48.9 Å². The van der Waals surface area contributed by atoms with Crippen LogP contribution in [0.4, 0.5) is 10.8 Å². The van der Waals surface area contributed by atoms with Crippen LogP contribution in [0.3, 0.4) is 0 Å². The summed E-state index contributed by atoms with van der Waals surface area (Å²) in [4.78, 5) is 42.5. The number of methoxy groups -OCH3 is 1. The first-order valence-electron chi connectivity index (χ1n) is 11.7.